The van der Waals surface area contributed by atoms with E-state index in [9.17, 15) is 9.59 Å². The summed E-state index contributed by atoms with van der Waals surface area (Å²) >= 11 is 0. The third-order valence-electron chi connectivity index (χ3n) is 6.60. The van der Waals surface area contributed by atoms with Crippen LogP contribution in [0.15, 0.2) is 18.2 Å². The van der Waals surface area contributed by atoms with E-state index in [0.29, 0.717) is 18.4 Å². The molecule has 2 fully saturated rings. The molecule has 27 heavy (non-hydrogen) atoms. The van der Waals surface area contributed by atoms with Gasteiger partial charge < -0.3 is 10.2 Å². The van der Waals surface area contributed by atoms with Crippen molar-refractivity contribution in [2.45, 2.75) is 72.8 Å². The highest BCUT2D eigenvalue weighted by Crippen LogP contribution is 2.38. The van der Waals surface area contributed by atoms with Crippen molar-refractivity contribution in [2.24, 2.45) is 17.3 Å². The molecule has 1 aliphatic carbocycles. The molecule has 3 rings (SSSR count). The maximum atomic E-state index is 12.7. The largest absolute Gasteiger partial charge is 0.353 e. The van der Waals surface area contributed by atoms with Gasteiger partial charge in [0.25, 0.3) is 0 Å². The number of benzene rings is 1. The summed E-state index contributed by atoms with van der Waals surface area (Å²) in [6, 6.07) is 6.33. The van der Waals surface area contributed by atoms with E-state index >= 15 is 0 Å². The van der Waals surface area contributed by atoms with Crippen molar-refractivity contribution in [1.82, 2.24) is 5.32 Å². The number of nitrogens with zero attached hydrogens (tertiary/aromatic N) is 1. The SMILES string of the molecule is Cc1ccc(N2C[C@@H](C(=O)NC3CCC(C(C)(C)C)CC3)CC2=O)cc1C. The summed E-state index contributed by atoms with van der Waals surface area (Å²) in [5.74, 6) is 0.599. The topological polar surface area (TPSA) is 49.4 Å². The van der Waals surface area contributed by atoms with Crippen LogP contribution in [0.1, 0.15) is 64.0 Å². The van der Waals surface area contributed by atoms with Gasteiger partial charge >= 0.3 is 0 Å². The molecule has 1 heterocycles. The quantitative estimate of drug-likeness (QED) is 0.858. The highest BCUT2D eigenvalue weighted by Gasteiger charge is 2.37. The summed E-state index contributed by atoms with van der Waals surface area (Å²) < 4.78 is 0. The third-order valence-corrected chi connectivity index (χ3v) is 6.60. The molecule has 0 bridgehead atoms. The zero-order valence-corrected chi connectivity index (χ0v) is 17.5. The summed E-state index contributed by atoms with van der Waals surface area (Å²) in [5, 5.41) is 3.23. The standard InChI is InChI=1S/C23H34N2O2/c1-15-6-11-20(12-16(15)2)25-14-17(13-21(25)26)22(27)24-19-9-7-18(8-10-19)23(3,4)5/h6,11-12,17-19H,7-10,13-14H2,1-5H3,(H,24,27)/t17-,18?,19?/m0/s1. The van der Waals surface area contributed by atoms with E-state index in [1.807, 2.05) is 18.2 Å². The molecule has 2 aliphatic rings. The molecule has 0 radical (unpaired) electrons. The fourth-order valence-corrected chi connectivity index (χ4v) is 4.45. The molecule has 1 saturated carbocycles. The van der Waals surface area contributed by atoms with Crippen LogP contribution < -0.4 is 10.2 Å². The van der Waals surface area contributed by atoms with Gasteiger partial charge in [0.2, 0.25) is 11.8 Å². The van der Waals surface area contributed by atoms with Crippen LogP contribution in [0, 0.1) is 31.1 Å². The monoisotopic (exact) mass is 370 g/mol. The minimum absolute atomic E-state index is 0.0499. The Hall–Kier alpha value is -1.84. The molecule has 0 aromatic heterocycles. The number of carbonyl (C=O) groups excluding carboxylic acids is 2. The van der Waals surface area contributed by atoms with Gasteiger partial charge in [0, 0.05) is 24.7 Å². The van der Waals surface area contributed by atoms with Gasteiger partial charge in [-0.2, -0.15) is 0 Å². The molecule has 4 heteroatoms. The lowest BCUT2D eigenvalue weighted by atomic mass is 9.71. The lowest BCUT2D eigenvalue weighted by Crippen LogP contribution is -2.42. The first-order chi connectivity index (χ1) is 12.6. The Labute approximate surface area is 163 Å². The first-order valence-electron chi connectivity index (χ1n) is 10.3. The fourth-order valence-electron chi connectivity index (χ4n) is 4.45. The van der Waals surface area contributed by atoms with Crippen LogP contribution in [0.5, 0.6) is 0 Å². The number of rotatable bonds is 3. The second-order valence-electron chi connectivity index (χ2n) is 9.60. The van der Waals surface area contributed by atoms with Crippen LogP contribution >= 0.6 is 0 Å². The van der Waals surface area contributed by atoms with Gasteiger partial charge in [-0.05, 0) is 74.1 Å². The third kappa shape index (κ3) is 4.53. The average molecular weight is 371 g/mol. The predicted molar refractivity (Wildman–Crippen MR) is 110 cm³/mol. The minimum atomic E-state index is -0.237. The molecular weight excluding hydrogens is 336 g/mol. The number of aryl methyl sites for hydroxylation is 2. The average Bonchev–Trinajstić information content (AvgIpc) is 2.99. The van der Waals surface area contributed by atoms with Gasteiger partial charge in [-0.3, -0.25) is 9.59 Å². The van der Waals surface area contributed by atoms with Crippen LogP contribution in [0.2, 0.25) is 0 Å². The van der Waals surface area contributed by atoms with E-state index in [0.717, 1.165) is 24.4 Å². The van der Waals surface area contributed by atoms with Crippen molar-refractivity contribution in [3.05, 3.63) is 29.3 Å². The van der Waals surface area contributed by atoms with E-state index in [-0.39, 0.29) is 23.8 Å². The van der Waals surface area contributed by atoms with Crippen LogP contribution in [0.4, 0.5) is 5.69 Å². The fraction of sp³-hybridized carbons (Fsp3) is 0.652. The molecule has 148 valence electrons. The van der Waals surface area contributed by atoms with Crippen molar-refractivity contribution >= 4 is 17.5 Å². The molecule has 1 atom stereocenters. The number of hydrogen-bond donors (Lipinski definition) is 1. The Bertz CT molecular complexity index is 712. The maximum Gasteiger partial charge on any atom is 0.227 e. The molecular formula is C23H34N2O2. The van der Waals surface area contributed by atoms with Crippen LogP contribution in [-0.2, 0) is 9.59 Å². The van der Waals surface area contributed by atoms with Gasteiger partial charge in [-0.1, -0.05) is 26.8 Å². The van der Waals surface area contributed by atoms with Crippen molar-refractivity contribution in [1.29, 1.82) is 0 Å². The molecule has 1 saturated heterocycles. The Morgan fingerprint density at radius 2 is 1.74 bits per heavy atom. The molecule has 1 aliphatic heterocycles. The van der Waals surface area contributed by atoms with Crippen LogP contribution in [-0.4, -0.2) is 24.4 Å². The Morgan fingerprint density at radius 3 is 2.33 bits per heavy atom. The molecule has 0 unspecified atom stereocenters. The van der Waals surface area contributed by atoms with E-state index in [1.165, 1.54) is 24.0 Å². The first kappa shape index (κ1) is 19.9. The second kappa shape index (κ2) is 7.65. The highest BCUT2D eigenvalue weighted by atomic mass is 16.2. The summed E-state index contributed by atoms with van der Waals surface area (Å²) in [6.45, 7) is 11.5. The smallest absolute Gasteiger partial charge is 0.227 e. The lowest BCUT2D eigenvalue weighted by Gasteiger charge is -2.37. The second-order valence-corrected chi connectivity index (χ2v) is 9.60. The molecule has 0 spiro atoms. The van der Waals surface area contributed by atoms with E-state index in [2.05, 4.69) is 39.9 Å². The Morgan fingerprint density at radius 1 is 1.07 bits per heavy atom. The zero-order valence-electron chi connectivity index (χ0n) is 17.5. The highest BCUT2D eigenvalue weighted by molar-refractivity contribution is 6.00. The van der Waals surface area contributed by atoms with E-state index < -0.39 is 0 Å². The molecule has 1 N–H and O–H groups in total. The van der Waals surface area contributed by atoms with Crippen molar-refractivity contribution in [3.63, 3.8) is 0 Å². The van der Waals surface area contributed by atoms with Gasteiger partial charge in [0.1, 0.15) is 0 Å². The number of carbonyl (C=O) groups is 2. The van der Waals surface area contributed by atoms with Gasteiger partial charge in [0.05, 0.1) is 5.92 Å². The van der Waals surface area contributed by atoms with Crippen molar-refractivity contribution in [3.8, 4) is 0 Å². The summed E-state index contributed by atoms with van der Waals surface area (Å²) in [5.41, 5.74) is 3.64. The summed E-state index contributed by atoms with van der Waals surface area (Å²) in [6.07, 6.45) is 4.76. The van der Waals surface area contributed by atoms with Crippen molar-refractivity contribution < 1.29 is 9.59 Å². The van der Waals surface area contributed by atoms with Crippen molar-refractivity contribution in [2.75, 3.05) is 11.4 Å². The molecule has 1 aromatic carbocycles. The number of nitrogens with one attached hydrogen (secondary N) is 1. The van der Waals surface area contributed by atoms with Gasteiger partial charge in [0.15, 0.2) is 0 Å². The minimum Gasteiger partial charge on any atom is -0.353 e. The molecule has 1 aromatic rings. The first-order valence-corrected chi connectivity index (χ1v) is 10.3. The predicted octanol–water partition coefficient (Wildman–Crippen LogP) is 4.38. The molecule has 4 nitrogen and oxygen atoms in total. The summed E-state index contributed by atoms with van der Waals surface area (Å²) in [4.78, 5) is 27.0. The van der Waals surface area contributed by atoms with Gasteiger partial charge in [-0.25, -0.2) is 0 Å². The van der Waals surface area contributed by atoms with E-state index in [1.54, 1.807) is 4.90 Å². The summed E-state index contributed by atoms with van der Waals surface area (Å²) in [7, 11) is 0. The number of hydrogen-bond acceptors (Lipinski definition) is 2. The Balaban J connectivity index is 1.56. The maximum absolute atomic E-state index is 12.7. The Kier molecular flexibility index (Phi) is 5.64. The number of amides is 2. The normalized spacial score (nSPS) is 26.3. The van der Waals surface area contributed by atoms with Crippen LogP contribution in [0.3, 0.4) is 0 Å². The van der Waals surface area contributed by atoms with Crippen LogP contribution in [0.25, 0.3) is 0 Å². The van der Waals surface area contributed by atoms with E-state index in [4.69, 9.17) is 0 Å². The lowest BCUT2D eigenvalue weighted by molar-refractivity contribution is -0.127. The zero-order chi connectivity index (χ0) is 19.8. The van der Waals surface area contributed by atoms with Gasteiger partial charge in [-0.15, -0.1) is 0 Å². The molecule has 2 amide bonds. The number of anilines is 1.